The molecule has 3 heterocycles. The number of hydrogen-bond donors (Lipinski definition) is 1. The van der Waals surface area contributed by atoms with E-state index in [1.54, 1.807) is 30.3 Å². The van der Waals surface area contributed by atoms with Crippen LogP contribution in [-0.2, 0) is 6.54 Å². The first-order valence-electron chi connectivity index (χ1n) is 11.1. The van der Waals surface area contributed by atoms with Crippen molar-refractivity contribution in [3.63, 3.8) is 0 Å². The minimum absolute atomic E-state index is 0.0353. The number of hydrogen-bond acceptors (Lipinski definition) is 3. The Morgan fingerprint density at radius 1 is 1.00 bits per heavy atom. The average molecular weight is 437 g/mol. The summed E-state index contributed by atoms with van der Waals surface area (Å²) in [4.78, 5) is 17.3. The van der Waals surface area contributed by atoms with Gasteiger partial charge in [-0.3, -0.25) is 14.8 Å². The molecule has 2 saturated heterocycles. The summed E-state index contributed by atoms with van der Waals surface area (Å²) in [5.74, 6) is -0.640. The first-order chi connectivity index (χ1) is 15.5. The van der Waals surface area contributed by atoms with Crippen molar-refractivity contribution >= 4 is 5.91 Å². The molecule has 1 aromatic heterocycles. The monoisotopic (exact) mass is 436 g/mol. The van der Waals surface area contributed by atoms with Gasteiger partial charge in [-0.25, -0.2) is 8.78 Å². The largest absolute Gasteiger partial charge is 0.337 e. The highest BCUT2D eigenvalue weighted by Gasteiger charge is 2.43. The van der Waals surface area contributed by atoms with Gasteiger partial charge in [0.1, 0.15) is 17.3 Å². The summed E-state index contributed by atoms with van der Waals surface area (Å²) in [7, 11) is 0. The summed E-state index contributed by atoms with van der Waals surface area (Å²) >= 11 is 0. The molecular formula is C25H26F2N4O. The van der Waals surface area contributed by atoms with Crippen molar-refractivity contribution < 1.29 is 13.6 Å². The maximum absolute atomic E-state index is 14.1. The van der Waals surface area contributed by atoms with Crippen molar-refractivity contribution in [1.29, 1.82) is 0 Å². The van der Waals surface area contributed by atoms with Crippen molar-refractivity contribution in [2.75, 3.05) is 26.2 Å². The lowest BCUT2D eigenvalue weighted by molar-refractivity contribution is 0.0669. The highest BCUT2D eigenvalue weighted by Crippen LogP contribution is 2.40. The third kappa shape index (κ3) is 4.05. The molecule has 0 saturated carbocycles. The smallest absolute Gasteiger partial charge is 0.271 e. The van der Waals surface area contributed by atoms with Crippen LogP contribution in [0.2, 0.25) is 0 Å². The summed E-state index contributed by atoms with van der Waals surface area (Å²) in [5, 5.41) is 6.94. The van der Waals surface area contributed by atoms with Gasteiger partial charge >= 0.3 is 0 Å². The molecule has 2 fully saturated rings. The van der Waals surface area contributed by atoms with E-state index in [0.717, 1.165) is 32.4 Å². The molecule has 0 bridgehead atoms. The van der Waals surface area contributed by atoms with Crippen LogP contribution >= 0.6 is 0 Å². The summed E-state index contributed by atoms with van der Waals surface area (Å²) < 4.78 is 28.2. The number of H-pyrrole nitrogens is 1. The number of likely N-dealkylation sites (tertiary alicyclic amines) is 2. The fourth-order valence-electron chi connectivity index (χ4n) is 5.16. The first kappa shape index (κ1) is 20.8. The highest BCUT2D eigenvalue weighted by atomic mass is 19.1. The molecule has 166 valence electrons. The number of benzene rings is 2. The second kappa shape index (κ2) is 8.47. The van der Waals surface area contributed by atoms with Crippen LogP contribution < -0.4 is 0 Å². The number of nitrogens with one attached hydrogen (secondary N) is 1. The van der Waals surface area contributed by atoms with Crippen LogP contribution in [-0.4, -0.2) is 52.1 Å². The minimum Gasteiger partial charge on any atom is -0.337 e. The molecule has 3 aromatic rings. The summed E-state index contributed by atoms with van der Waals surface area (Å²) in [6.45, 7) is 3.74. The molecule has 0 unspecified atom stereocenters. The van der Waals surface area contributed by atoms with Gasteiger partial charge in [0.2, 0.25) is 0 Å². The standard InChI is InChI=1S/C25H26F2N4O/c26-20-8-3-1-6-18(20)15-30-12-5-10-25(16-30)11-13-31(17-25)24(32)23-14-22(28-29-23)19-7-2-4-9-21(19)27/h1-4,6-9,14H,5,10-13,15-17H2,(H,28,29)/t25-/m0/s1. The second-order valence-corrected chi connectivity index (χ2v) is 9.03. The van der Waals surface area contributed by atoms with Gasteiger partial charge in [-0.1, -0.05) is 30.3 Å². The Morgan fingerprint density at radius 2 is 1.78 bits per heavy atom. The molecule has 0 radical (unpaired) electrons. The molecule has 2 aliphatic heterocycles. The average Bonchev–Trinajstić information content (AvgIpc) is 3.43. The number of halogens is 2. The number of aromatic amines is 1. The van der Waals surface area contributed by atoms with Crippen LogP contribution in [0, 0.1) is 17.0 Å². The number of carbonyl (C=O) groups is 1. The van der Waals surface area contributed by atoms with E-state index < -0.39 is 0 Å². The fraction of sp³-hybridized carbons (Fsp3) is 0.360. The number of aromatic nitrogens is 2. The molecule has 2 aliphatic rings. The van der Waals surface area contributed by atoms with Gasteiger partial charge < -0.3 is 4.90 Å². The maximum atomic E-state index is 14.1. The minimum atomic E-state index is -0.365. The summed E-state index contributed by atoms with van der Waals surface area (Å²) in [6.07, 6.45) is 3.03. The quantitative estimate of drug-likeness (QED) is 0.656. The zero-order valence-corrected chi connectivity index (χ0v) is 17.9. The Bertz CT molecular complexity index is 1130. The van der Waals surface area contributed by atoms with Gasteiger partial charge in [-0.15, -0.1) is 0 Å². The maximum Gasteiger partial charge on any atom is 0.271 e. The summed E-state index contributed by atoms with van der Waals surface area (Å²) in [5.41, 5.74) is 1.92. The molecular weight excluding hydrogens is 410 g/mol. The lowest BCUT2D eigenvalue weighted by Crippen LogP contribution is -2.45. The molecule has 0 aliphatic carbocycles. The van der Waals surface area contributed by atoms with Crippen LogP contribution in [0.1, 0.15) is 35.3 Å². The molecule has 2 aromatic carbocycles. The van der Waals surface area contributed by atoms with Gasteiger partial charge in [-0.2, -0.15) is 5.10 Å². The van der Waals surface area contributed by atoms with Crippen LogP contribution in [0.25, 0.3) is 11.3 Å². The molecule has 1 N–H and O–H groups in total. The predicted molar refractivity (Wildman–Crippen MR) is 118 cm³/mol. The van der Waals surface area contributed by atoms with Crippen molar-refractivity contribution in [3.8, 4) is 11.3 Å². The Labute approximate surface area is 186 Å². The van der Waals surface area contributed by atoms with E-state index in [2.05, 4.69) is 15.1 Å². The van der Waals surface area contributed by atoms with Gasteiger partial charge in [-0.05, 0) is 50.1 Å². The van der Waals surface area contributed by atoms with E-state index in [-0.39, 0.29) is 23.0 Å². The van der Waals surface area contributed by atoms with Crippen LogP contribution in [0.4, 0.5) is 8.78 Å². The number of amides is 1. The number of nitrogens with zero attached hydrogens (tertiary/aromatic N) is 3. The number of piperidine rings is 1. The molecule has 1 spiro atoms. The topological polar surface area (TPSA) is 52.2 Å². The van der Waals surface area contributed by atoms with E-state index in [9.17, 15) is 13.6 Å². The van der Waals surface area contributed by atoms with Gasteiger partial charge in [0.05, 0.1) is 5.69 Å². The molecule has 1 amide bonds. The lowest BCUT2D eigenvalue weighted by Gasteiger charge is -2.40. The van der Waals surface area contributed by atoms with Gasteiger partial charge in [0.15, 0.2) is 0 Å². The molecule has 5 nitrogen and oxygen atoms in total. The number of rotatable bonds is 4. The van der Waals surface area contributed by atoms with E-state index in [0.29, 0.717) is 42.1 Å². The second-order valence-electron chi connectivity index (χ2n) is 9.03. The van der Waals surface area contributed by atoms with Gasteiger partial charge in [0.25, 0.3) is 5.91 Å². The van der Waals surface area contributed by atoms with Crippen molar-refractivity contribution in [2.45, 2.75) is 25.8 Å². The van der Waals surface area contributed by atoms with Crippen molar-refractivity contribution in [3.05, 3.63) is 77.5 Å². The molecule has 5 rings (SSSR count). The predicted octanol–water partition coefficient (Wildman–Crippen LogP) is 4.48. The normalized spacial score (nSPS) is 21.4. The van der Waals surface area contributed by atoms with E-state index in [4.69, 9.17) is 0 Å². The Kier molecular flexibility index (Phi) is 5.51. The van der Waals surface area contributed by atoms with Crippen LogP contribution in [0.3, 0.4) is 0 Å². The first-order valence-corrected chi connectivity index (χ1v) is 11.1. The van der Waals surface area contributed by atoms with Crippen LogP contribution in [0.15, 0.2) is 54.6 Å². The zero-order chi connectivity index (χ0) is 22.1. The summed E-state index contributed by atoms with van der Waals surface area (Å²) in [6, 6.07) is 14.9. The highest BCUT2D eigenvalue weighted by molar-refractivity contribution is 5.93. The Balaban J connectivity index is 1.26. The molecule has 32 heavy (non-hydrogen) atoms. The third-order valence-corrected chi connectivity index (χ3v) is 6.78. The fourth-order valence-corrected chi connectivity index (χ4v) is 5.16. The third-order valence-electron chi connectivity index (χ3n) is 6.78. The van der Waals surface area contributed by atoms with Crippen molar-refractivity contribution in [2.24, 2.45) is 5.41 Å². The van der Waals surface area contributed by atoms with E-state index in [1.807, 2.05) is 17.0 Å². The SMILES string of the molecule is O=C(c1cc(-c2ccccc2F)n[nH]1)N1CC[C@]2(CCCN(Cc3ccccc3F)C2)C1. The Hall–Kier alpha value is -3.06. The molecule has 7 heteroatoms. The van der Waals surface area contributed by atoms with E-state index in [1.165, 1.54) is 12.1 Å². The van der Waals surface area contributed by atoms with Gasteiger partial charge in [0, 0.05) is 42.7 Å². The van der Waals surface area contributed by atoms with Crippen molar-refractivity contribution in [1.82, 2.24) is 20.0 Å². The zero-order valence-electron chi connectivity index (χ0n) is 17.9. The number of carbonyl (C=O) groups excluding carboxylic acids is 1. The van der Waals surface area contributed by atoms with Crippen LogP contribution in [0.5, 0.6) is 0 Å². The van der Waals surface area contributed by atoms with E-state index >= 15 is 0 Å². The lowest BCUT2D eigenvalue weighted by atomic mass is 9.79. The molecule has 1 atom stereocenters. The Morgan fingerprint density at radius 3 is 2.59 bits per heavy atom.